The number of benzene rings is 3. The Morgan fingerprint density at radius 2 is 1.79 bits per heavy atom. The molecule has 1 N–H and O–H groups in total. The number of hydrogen-bond donors (Lipinski definition) is 1. The topological polar surface area (TPSA) is 84.9 Å². The molecule has 1 aliphatic heterocycles. The number of nitrogens with zero attached hydrogens (tertiary/aromatic N) is 1. The number of sulfonamides is 1. The van der Waals surface area contributed by atoms with Crippen molar-refractivity contribution >= 4 is 39.1 Å². The van der Waals surface area contributed by atoms with Gasteiger partial charge in [0.25, 0.3) is 10.0 Å². The minimum atomic E-state index is -4.24. The average Bonchev–Trinajstić information content (AvgIpc) is 2.82. The van der Waals surface area contributed by atoms with Crippen LogP contribution in [0.15, 0.2) is 76.5 Å². The zero-order chi connectivity index (χ0) is 23.4. The van der Waals surface area contributed by atoms with Gasteiger partial charge in [-0.05, 0) is 54.8 Å². The van der Waals surface area contributed by atoms with E-state index >= 15 is 0 Å². The molecular weight excluding hydrogens is 467 g/mol. The van der Waals surface area contributed by atoms with Crippen LogP contribution in [0.1, 0.15) is 0 Å². The number of rotatable bonds is 7. The van der Waals surface area contributed by atoms with Crippen LogP contribution in [-0.2, 0) is 14.8 Å². The van der Waals surface area contributed by atoms with Crippen LogP contribution in [0.5, 0.6) is 11.5 Å². The lowest BCUT2D eigenvalue weighted by atomic mass is 10.3. The largest absolute Gasteiger partial charge is 0.486 e. The minimum Gasteiger partial charge on any atom is -0.486 e. The maximum Gasteiger partial charge on any atom is 0.264 e. The van der Waals surface area contributed by atoms with Crippen LogP contribution in [0.2, 0.25) is 0 Å². The molecule has 3 aromatic carbocycles. The third kappa shape index (κ3) is 5.23. The van der Waals surface area contributed by atoms with Crippen molar-refractivity contribution < 1.29 is 27.1 Å². The molecule has 0 aliphatic carbocycles. The molecule has 0 fully saturated rings. The number of nitrogens with one attached hydrogen (secondary N) is 1. The fourth-order valence-electron chi connectivity index (χ4n) is 3.29. The van der Waals surface area contributed by atoms with E-state index in [0.29, 0.717) is 30.4 Å². The summed E-state index contributed by atoms with van der Waals surface area (Å²) in [5.74, 6) is -0.467. The zero-order valence-corrected chi connectivity index (χ0v) is 19.3. The molecule has 0 spiro atoms. The highest BCUT2D eigenvalue weighted by atomic mass is 32.2. The smallest absolute Gasteiger partial charge is 0.264 e. The summed E-state index contributed by atoms with van der Waals surface area (Å²) < 4.78 is 52.9. The van der Waals surface area contributed by atoms with E-state index in [4.69, 9.17) is 9.47 Å². The molecule has 7 nitrogen and oxygen atoms in total. The Balaban J connectivity index is 1.66. The SMILES string of the molecule is CSc1cccc(NC(=O)CN(c2cccc(F)c2)S(=O)(=O)c2ccc3c(c2)OCCO3)c1. The van der Waals surface area contributed by atoms with Crippen molar-refractivity contribution in [3.8, 4) is 11.5 Å². The van der Waals surface area contributed by atoms with Gasteiger partial charge in [-0.25, -0.2) is 12.8 Å². The molecule has 3 aromatic rings. The molecule has 0 saturated heterocycles. The van der Waals surface area contributed by atoms with Crippen molar-refractivity contribution in [2.45, 2.75) is 9.79 Å². The molecular formula is C23H21FN2O5S2. The fraction of sp³-hybridized carbons (Fsp3) is 0.174. The van der Waals surface area contributed by atoms with E-state index in [1.807, 2.05) is 12.3 Å². The van der Waals surface area contributed by atoms with Gasteiger partial charge in [-0.2, -0.15) is 0 Å². The van der Waals surface area contributed by atoms with Gasteiger partial charge >= 0.3 is 0 Å². The van der Waals surface area contributed by atoms with Crippen LogP contribution in [0.25, 0.3) is 0 Å². The van der Waals surface area contributed by atoms with E-state index in [2.05, 4.69) is 5.32 Å². The molecule has 1 heterocycles. The van der Waals surface area contributed by atoms with Crippen LogP contribution in [0.3, 0.4) is 0 Å². The summed E-state index contributed by atoms with van der Waals surface area (Å²) in [4.78, 5) is 13.7. The second-order valence-corrected chi connectivity index (χ2v) is 9.82. The van der Waals surface area contributed by atoms with E-state index in [1.165, 1.54) is 48.2 Å². The van der Waals surface area contributed by atoms with Gasteiger partial charge in [0.2, 0.25) is 5.91 Å². The standard InChI is InChI=1S/C23H21FN2O5S2/c1-32-19-7-3-5-17(13-19)25-23(27)15-26(18-6-2-4-16(24)12-18)33(28,29)20-8-9-21-22(14-20)31-11-10-30-21/h2-9,12-14H,10-11,15H2,1H3,(H,25,27). The number of anilines is 2. The van der Waals surface area contributed by atoms with E-state index in [9.17, 15) is 17.6 Å². The number of amides is 1. The van der Waals surface area contributed by atoms with Crippen LogP contribution < -0.4 is 19.1 Å². The van der Waals surface area contributed by atoms with Gasteiger partial charge in [0, 0.05) is 16.6 Å². The summed E-state index contributed by atoms with van der Waals surface area (Å²) in [6, 6.07) is 16.5. The number of ether oxygens (including phenoxy) is 2. The van der Waals surface area contributed by atoms with Gasteiger partial charge in [0.05, 0.1) is 10.6 Å². The first kappa shape index (κ1) is 22.9. The van der Waals surface area contributed by atoms with Gasteiger partial charge in [-0.3, -0.25) is 9.10 Å². The van der Waals surface area contributed by atoms with Crippen molar-refractivity contribution in [3.63, 3.8) is 0 Å². The highest BCUT2D eigenvalue weighted by Gasteiger charge is 2.29. The van der Waals surface area contributed by atoms with Gasteiger partial charge in [0.1, 0.15) is 25.6 Å². The van der Waals surface area contributed by atoms with E-state index < -0.39 is 28.3 Å². The first-order valence-corrected chi connectivity index (χ1v) is 12.7. The van der Waals surface area contributed by atoms with Gasteiger partial charge in [-0.15, -0.1) is 11.8 Å². The lowest BCUT2D eigenvalue weighted by Gasteiger charge is -2.25. The van der Waals surface area contributed by atoms with Crippen molar-refractivity contribution in [2.75, 3.05) is 35.6 Å². The van der Waals surface area contributed by atoms with Gasteiger partial charge in [-0.1, -0.05) is 12.1 Å². The summed E-state index contributed by atoms with van der Waals surface area (Å²) in [6.07, 6.45) is 1.91. The number of halogens is 1. The van der Waals surface area contributed by atoms with E-state index in [-0.39, 0.29) is 10.6 Å². The van der Waals surface area contributed by atoms with Gasteiger partial charge < -0.3 is 14.8 Å². The molecule has 0 radical (unpaired) electrons. The summed E-state index contributed by atoms with van der Waals surface area (Å²) in [5.41, 5.74) is 0.556. The Hall–Kier alpha value is -3.24. The molecule has 4 rings (SSSR count). The Labute approximate surface area is 195 Å². The molecule has 0 bridgehead atoms. The van der Waals surface area contributed by atoms with E-state index in [1.54, 1.807) is 18.2 Å². The first-order valence-electron chi connectivity index (χ1n) is 9.99. The van der Waals surface area contributed by atoms with Crippen LogP contribution in [-0.4, -0.2) is 40.3 Å². The van der Waals surface area contributed by atoms with Crippen molar-refractivity contribution in [1.29, 1.82) is 0 Å². The predicted octanol–water partition coefficient (Wildman–Crippen LogP) is 4.15. The molecule has 1 amide bonds. The normalized spacial score (nSPS) is 12.8. The molecule has 172 valence electrons. The number of thioether (sulfide) groups is 1. The monoisotopic (exact) mass is 488 g/mol. The first-order chi connectivity index (χ1) is 15.9. The van der Waals surface area contributed by atoms with Crippen molar-refractivity contribution in [2.24, 2.45) is 0 Å². The Bertz CT molecular complexity index is 1280. The summed E-state index contributed by atoms with van der Waals surface area (Å²) in [7, 11) is -4.24. The summed E-state index contributed by atoms with van der Waals surface area (Å²) >= 11 is 1.51. The average molecular weight is 489 g/mol. The third-order valence-corrected chi connectivity index (χ3v) is 7.33. The highest BCUT2D eigenvalue weighted by molar-refractivity contribution is 7.98. The lowest BCUT2D eigenvalue weighted by Crippen LogP contribution is -2.38. The number of carbonyl (C=O) groups excluding carboxylic acids is 1. The highest BCUT2D eigenvalue weighted by Crippen LogP contribution is 2.34. The summed E-state index contributed by atoms with van der Waals surface area (Å²) in [5, 5.41) is 2.71. The molecule has 0 aromatic heterocycles. The maximum absolute atomic E-state index is 13.9. The second kappa shape index (κ2) is 9.72. The number of carbonyl (C=O) groups is 1. The van der Waals surface area contributed by atoms with Crippen LogP contribution in [0.4, 0.5) is 15.8 Å². The molecule has 0 unspecified atom stereocenters. The summed E-state index contributed by atoms with van der Waals surface area (Å²) in [6.45, 7) is 0.109. The molecule has 10 heteroatoms. The Morgan fingerprint density at radius 1 is 1.03 bits per heavy atom. The Morgan fingerprint density at radius 3 is 2.55 bits per heavy atom. The second-order valence-electron chi connectivity index (χ2n) is 7.08. The van der Waals surface area contributed by atoms with Crippen molar-refractivity contribution in [3.05, 3.63) is 72.5 Å². The number of fused-ring (bicyclic) bond motifs is 1. The van der Waals surface area contributed by atoms with Crippen molar-refractivity contribution in [1.82, 2.24) is 0 Å². The Kier molecular flexibility index (Phi) is 6.75. The molecule has 1 aliphatic rings. The quantitative estimate of drug-likeness (QED) is 0.503. The minimum absolute atomic E-state index is 0.0258. The lowest BCUT2D eigenvalue weighted by molar-refractivity contribution is -0.114. The number of hydrogen-bond acceptors (Lipinski definition) is 6. The molecule has 33 heavy (non-hydrogen) atoms. The third-order valence-electron chi connectivity index (χ3n) is 4.84. The fourth-order valence-corrected chi connectivity index (χ4v) is 5.18. The zero-order valence-electron chi connectivity index (χ0n) is 17.7. The molecule has 0 atom stereocenters. The van der Waals surface area contributed by atoms with Crippen LogP contribution in [0, 0.1) is 5.82 Å². The van der Waals surface area contributed by atoms with Crippen LogP contribution >= 0.6 is 11.8 Å². The van der Waals surface area contributed by atoms with Gasteiger partial charge in [0.15, 0.2) is 11.5 Å². The maximum atomic E-state index is 13.9. The molecule has 0 saturated carbocycles. The predicted molar refractivity (Wildman–Crippen MR) is 125 cm³/mol. The van der Waals surface area contributed by atoms with E-state index in [0.717, 1.165) is 15.3 Å².